The van der Waals surface area contributed by atoms with Crippen LogP contribution in [-0.2, 0) is 4.79 Å². The second-order valence-electron chi connectivity index (χ2n) is 4.97. The summed E-state index contributed by atoms with van der Waals surface area (Å²) in [4.78, 5) is 14.1. The molecule has 0 aromatic heterocycles. The van der Waals surface area contributed by atoms with Gasteiger partial charge in [-0.15, -0.1) is 0 Å². The molecule has 1 aromatic rings. The van der Waals surface area contributed by atoms with Crippen molar-refractivity contribution in [2.45, 2.75) is 19.8 Å². The number of rotatable bonds is 4. The average molecular weight is 247 g/mol. The van der Waals surface area contributed by atoms with Crippen LogP contribution in [0.1, 0.15) is 19.8 Å². The Morgan fingerprint density at radius 1 is 1.56 bits per heavy atom. The number of anilines is 2. The van der Waals surface area contributed by atoms with Gasteiger partial charge >= 0.3 is 0 Å². The smallest absolute Gasteiger partial charge is 0.238 e. The quantitative estimate of drug-likeness (QED) is 0.799. The van der Waals surface area contributed by atoms with E-state index in [1.807, 2.05) is 18.2 Å². The Bertz CT molecular complexity index is 419. The molecule has 4 nitrogen and oxygen atoms in total. The molecule has 1 saturated heterocycles. The molecule has 1 heterocycles. The van der Waals surface area contributed by atoms with E-state index < -0.39 is 0 Å². The Morgan fingerprint density at radius 3 is 3.06 bits per heavy atom. The third-order valence-electron chi connectivity index (χ3n) is 3.48. The summed E-state index contributed by atoms with van der Waals surface area (Å²) in [6, 6.07) is 7.28. The number of likely N-dealkylation sites (tertiary alicyclic amines) is 1. The predicted molar refractivity (Wildman–Crippen MR) is 74.3 cm³/mol. The van der Waals surface area contributed by atoms with E-state index in [4.69, 9.17) is 5.73 Å². The van der Waals surface area contributed by atoms with Crippen LogP contribution in [0.25, 0.3) is 0 Å². The van der Waals surface area contributed by atoms with Crippen molar-refractivity contribution in [2.24, 2.45) is 5.92 Å². The maximum Gasteiger partial charge on any atom is 0.238 e. The Kier molecular flexibility index (Phi) is 4.20. The zero-order chi connectivity index (χ0) is 13.0. The van der Waals surface area contributed by atoms with Crippen molar-refractivity contribution in [3.05, 3.63) is 24.3 Å². The third kappa shape index (κ3) is 3.47. The van der Waals surface area contributed by atoms with E-state index in [0.29, 0.717) is 12.2 Å². The predicted octanol–water partition coefficient (Wildman–Crippen LogP) is 1.94. The molecule has 1 fully saturated rings. The maximum absolute atomic E-state index is 11.9. The van der Waals surface area contributed by atoms with E-state index >= 15 is 0 Å². The molecule has 1 aliphatic rings. The van der Waals surface area contributed by atoms with Crippen LogP contribution >= 0.6 is 0 Å². The van der Waals surface area contributed by atoms with Crippen LogP contribution in [-0.4, -0.2) is 30.4 Å². The summed E-state index contributed by atoms with van der Waals surface area (Å²) in [5.74, 6) is 0.794. The van der Waals surface area contributed by atoms with Crippen molar-refractivity contribution in [1.29, 1.82) is 0 Å². The summed E-state index contributed by atoms with van der Waals surface area (Å²) in [5.41, 5.74) is 7.11. The Labute approximate surface area is 108 Å². The van der Waals surface area contributed by atoms with Crippen molar-refractivity contribution >= 4 is 17.3 Å². The highest BCUT2D eigenvalue weighted by atomic mass is 16.2. The number of nitrogens with two attached hydrogens (primary N) is 1. The van der Waals surface area contributed by atoms with Crippen molar-refractivity contribution in [3.8, 4) is 0 Å². The number of hydrogen-bond acceptors (Lipinski definition) is 3. The molecule has 0 spiro atoms. The third-order valence-corrected chi connectivity index (χ3v) is 3.48. The number of carbonyl (C=O) groups excluding carboxylic acids is 1. The highest BCUT2D eigenvalue weighted by Crippen LogP contribution is 2.18. The molecular weight excluding hydrogens is 226 g/mol. The SMILES string of the molecule is CCC1CCN(CC(=O)Nc2cccc(N)c2)C1. The summed E-state index contributed by atoms with van der Waals surface area (Å²) < 4.78 is 0. The zero-order valence-corrected chi connectivity index (χ0v) is 10.9. The van der Waals surface area contributed by atoms with Gasteiger partial charge in [0.15, 0.2) is 0 Å². The van der Waals surface area contributed by atoms with Crippen LogP contribution < -0.4 is 11.1 Å². The number of nitrogens with one attached hydrogen (secondary N) is 1. The molecule has 4 heteroatoms. The number of hydrogen-bond donors (Lipinski definition) is 2. The second-order valence-corrected chi connectivity index (χ2v) is 4.97. The summed E-state index contributed by atoms with van der Waals surface area (Å²) in [7, 11) is 0. The first-order chi connectivity index (χ1) is 8.67. The molecule has 0 bridgehead atoms. The van der Waals surface area contributed by atoms with Gasteiger partial charge in [0.05, 0.1) is 6.54 Å². The van der Waals surface area contributed by atoms with Gasteiger partial charge in [-0.25, -0.2) is 0 Å². The summed E-state index contributed by atoms with van der Waals surface area (Å²) in [6.07, 6.45) is 2.41. The molecule has 1 unspecified atom stereocenters. The molecule has 18 heavy (non-hydrogen) atoms. The Balaban J connectivity index is 1.82. The van der Waals surface area contributed by atoms with E-state index in [-0.39, 0.29) is 5.91 Å². The number of benzene rings is 1. The van der Waals surface area contributed by atoms with E-state index in [9.17, 15) is 4.79 Å². The Hall–Kier alpha value is -1.55. The van der Waals surface area contributed by atoms with Gasteiger partial charge in [-0.2, -0.15) is 0 Å². The average Bonchev–Trinajstić information content (AvgIpc) is 2.76. The first-order valence-corrected chi connectivity index (χ1v) is 6.55. The number of amides is 1. The molecule has 0 saturated carbocycles. The van der Waals surface area contributed by atoms with Crippen molar-refractivity contribution < 1.29 is 4.79 Å². The first kappa shape index (κ1) is 12.9. The van der Waals surface area contributed by atoms with Gasteiger partial charge in [0.2, 0.25) is 5.91 Å². The largest absolute Gasteiger partial charge is 0.399 e. The second kappa shape index (κ2) is 5.87. The van der Waals surface area contributed by atoms with Gasteiger partial charge in [-0.3, -0.25) is 9.69 Å². The molecule has 2 rings (SSSR count). The van der Waals surface area contributed by atoms with Crippen LogP contribution in [0, 0.1) is 5.92 Å². The fourth-order valence-corrected chi connectivity index (χ4v) is 2.41. The lowest BCUT2D eigenvalue weighted by atomic mass is 10.1. The van der Waals surface area contributed by atoms with Crippen molar-refractivity contribution in [1.82, 2.24) is 4.90 Å². The molecular formula is C14H21N3O. The molecule has 0 radical (unpaired) electrons. The van der Waals surface area contributed by atoms with Gasteiger partial charge in [-0.05, 0) is 37.1 Å². The minimum absolute atomic E-state index is 0.0392. The summed E-state index contributed by atoms with van der Waals surface area (Å²) in [5, 5.41) is 2.88. The van der Waals surface area contributed by atoms with E-state index in [1.54, 1.807) is 6.07 Å². The normalized spacial score (nSPS) is 19.9. The molecule has 0 aliphatic carbocycles. The summed E-state index contributed by atoms with van der Waals surface area (Å²) >= 11 is 0. The minimum atomic E-state index is 0.0392. The molecule has 1 atom stereocenters. The Morgan fingerprint density at radius 2 is 2.39 bits per heavy atom. The maximum atomic E-state index is 11.9. The first-order valence-electron chi connectivity index (χ1n) is 6.55. The topological polar surface area (TPSA) is 58.4 Å². The van der Waals surface area contributed by atoms with Gasteiger partial charge in [0.25, 0.3) is 0 Å². The molecule has 1 amide bonds. The van der Waals surface area contributed by atoms with E-state index in [1.165, 1.54) is 12.8 Å². The van der Waals surface area contributed by atoms with Crippen LogP contribution in [0.5, 0.6) is 0 Å². The molecule has 1 aromatic carbocycles. The zero-order valence-electron chi connectivity index (χ0n) is 10.9. The van der Waals surface area contributed by atoms with Crippen LogP contribution in [0.4, 0.5) is 11.4 Å². The molecule has 98 valence electrons. The minimum Gasteiger partial charge on any atom is -0.399 e. The fraction of sp³-hybridized carbons (Fsp3) is 0.500. The van der Waals surface area contributed by atoms with Crippen LogP contribution in [0.3, 0.4) is 0 Å². The van der Waals surface area contributed by atoms with Gasteiger partial charge in [0, 0.05) is 17.9 Å². The summed E-state index contributed by atoms with van der Waals surface area (Å²) in [6.45, 7) is 4.76. The van der Waals surface area contributed by atoms with Crippen molar-refractivity contribution in [3.63, 3.8) is 0 Å². The lowest BCUT2D eigenvalue weighted by Crippen LogP contribution is -2.31. The lowest BCUT2D eigenvalue weighted by molar-refractivity contribution is -0.117. The van der Waals surface area contributed by atoms with Gasteiger partial charge in [-0.1, -0.05) is 19.4 Å². The fourth-order valence-electron chi connectivity index (χ4n) is 2.41. The number of nitrogen functional groups attached to an aromatic ring is 1. The van der Waals surface area contributed by atoms with Crippen molar-refractivity contribution in [2.75, 3.05) is 30.7 Å². The monoisotopic (exact) mass is 247 g/mol. The molecule has 3 N–H and O–H groups in total. The molecule has 1 aliphatic heterocycles. The highest BCUT2D eigenvalue weighted by Gasteiger charge is 2.22. The highest BCUT2D eigenvalue weighted by molar-refractivity contribution is 5.92. The van der Waals surface area contributed by atoms with Gasteiger partial charge in [0.1, 0.15) is 0 Å². The van der Waals surface area contributed by atoms with Gasteiger partial charge < -0.3 is 11.1 Å². The lowest BCUT2D eigenvalue weighted by Gasteiger charge is -2.15. The van der Waals surface area contributed by atoms with Crippen LogP contribution in [0.15, 0.2) is 24.3 Å². The van der Waals surface area contributed by atoms with E-state index in [0.717, 1.165) is 24.7 Å². The standard InChI is InChI=1S/C14H21N3O/c1-2-11-6-7-17(9-11)10-14(18)16-13-5-3-4-12(15)8-13/h3-5,8,11H,2,6-7,9-10,15H2,1H3,(H,16,18). The van der Waals surface area contributed by atoms with E-state index in [2.05, 4.69) is 17.1 Å². The van der Waals surface area contributed by atoms with Crippen LogP contribution in [0.2, 0.25) is 0 Å². The number of carbonyl (C=O) groups is 1. The number of nitrogens with zero attached hydrogens (tertiary/aromatic N) is 1.